The summed E-state index contributed by atoms with van der Waals surface area (Å²) in [5.74, 6) is 6.56. The van der Waals surface area contributed by atoms with Crippen molar-refractivity contribution in [3.05, 3.63) is 53.9 Å². The maximum Gasteiger partial charge on any atom is 0.141 e. The van der Waals surface area contributed by atoms with Crippen LogP contribution >= 0.6 is 11.6 Å². The van der Waals surface area contributed by atoms with E-state index in [-0.39, 0.29) is 12.4 Å². The Morgan fingerprint density at radius 1 is 1.15 bits per heavy atom. The lowest BCUT2D eigenvalue weighted by Gasteiger charge is -2.05. The maximum absolute atomic E-state index is 13.0. The average Bonchev–Trinajstić information content (AvgIpc) is 2.46. The molecule has 0 bridgehead atoms. The van der Waals surface area contributed by atoms with Gasteiger partial charge in [0.05, 0.1) is 12.4 Å². The van der Waals surface area contributed by atoms with Crippen molar-refractivity contribution in [1.82, 2.24) is 9.97 Å². The van der Waals surface area contributed by atoms with Gasteiger partial charge in [-0.25, -0.2) is 4.39 Å². The minimum atomic E-state index is -0.384. The fourth-order valence-corrected chi connectivity index (χ4v) is 1.57. The topological polar surface area (TPSA) is 35.0 Å². The molecule has 0 spiro atoms. The average molecular weight is 291 g/mol. The van der Waals surface area contributed by atoms with Gasteiger partial charge in [-0.2, -0.15) is 0 Å². The number of hydrogen-bond acceptors (Lipinski definition) is 3. The molecule has 0 aromatic carbocycles. The summed E-state index contributed by atoms with van der Waals surface area (Å²) in [6.45, 7) is 0.227. The fraction of sp³-hybridized carbons (Fsp3) is 0.200. The van der Waals surface area contributed by atoms with E-state index in [1.54, 1.807) is 24.7 Å². The summed E-state index contributed by atoms with van der Waals surface area (Å²) >= 11 is 5.55. The molecular weight excluding hydrogens is 279 g/mol. The van der Waals surface area contributed by atoms with Gasteiger partial charge in [-0.3, -0.25) is 9.97 Å². The van der Waals surface area contributed by atoms with Crippen molar-refractivity contribution in [3.63, 3.8) is 0 Å². The molecule has 0 amide bonds. The third-order valence-electron chi connectivity index (χ3n) is 2.33. The van der Waals surface area contributed by atoms with Crippen molar-refractivity contribution in [3.8, 4) is 17.6 Å². The van der Waals surface area contributed by atoms with E-state index in [0.717, 1.165) is 11.8 Å². The Balaban J connectivity index is 2.00. The largest absolute Gasteiger partial charge is 0.487 e. The van der Waals surface area contributed by atoms with Crippen molar-refractivity contribution in [2.45, 2.75) is 13.0 Å². The number of pyridine rings is 2. The Hall–Kier alpha value is -2.12. The molecule has 20 heavy (non-hydrogen) atoms. The van der Waals surface area contributed by atoms with E-state index >= 15 is 0 Å². The monoisotopic (exact) mass is 290 g/mol. The highest BCUT2D eigenvalue weighted by Crippen LogP contribution is 2.13. The highest BCUT2D eigenvalue weighted by molar-refractivity contribution is 6.18. The summed E-state index contributed by atoms with van der Waals surface area (Å²) in [6, 6.07) is 3.16. The molecule has 2 heterocycles. The molecule has 0 aliphatic carbocycles. The number of hydrogen-bond donors (Lipinski definition) is 0. The van der Waals surface area contributed by atoms with Gasteiger partial charge in [0.2, 0.25) is 0 Å². The van der Waals surface area contributed by atoms with Crippen LogP contribution in [0.2, 0.25) is 0 Å². The van der Waals surface area contributed by atoms with E-state index in [1.165, 1.54) is 6.07 Å². The van der Waals surface area contributed by atoms with E-state index in [2.05, 4.69) is 21.8 Å². The second-order valence-electron chi connectivity index (χ2n) is 3.95. The molecule has 0 atom stereocenters. The molecule has 0 aliphatic heterocycles. The van der Waals surface area contributed by atoms with Crippen molar-refractivity contribution in [2.75, 3.05) is 5.88 Å². The van der Waals surface area contributed by atoms with Crippen LogP contribution in [0.3, 0.4) is 0 Å². The van der Waals surface area contributed by atoms with Gasteiger partial charge in [-0.05, 0) is 12.1 Å². The zero-order valence-electron chi connectivity index (χ0n) is 10.6. The minimum Gasteiger partial charge on any atom is -0.487 e. The first kappa shape index (κ1) is 14.3. The zero-order chi connectivity index (χ0) is 14.2. The molecule has 2 aromatic rings. The van der Waals surface area contributed by atoms with Crippen LogP contribution in [0, 0.1) is 17.7 Å². The number of rotatable bonds is 4. The molecule has 2 rings (SSSR count). The Morgan fingerprint density at radius 2 is 2.00 bits per heavy atom. The number of halogens is 2. The third kappa shape index (κ3) is 4.52. The molecular formula is C15H12ClFN2O. The summed E-state index contributed by atoms with van der Waals surface area (Å²) in [6.07, 6.45) is 6.57. The van der Waals surface area contributed by atoms with Crippen LogP contribution in [0.25, 0.3) is 0 Å². The van der Waals surface area contributed by atoms with Gasteiger partial charge >= 0.3 is 0 Å². The molecule has 0 radical (unpaired) electrons. The molecule has 0 unspecified atom stereocenters. The molecule has 0 N–H and O–H groups in total. The van der Waals surface area contributed by atoms with Crippen LogP contribution in [0.15, 0.2) is 36.9 Å². The van der Waals surface area contributed by atoms with Crippen molar-refractivity contribution >= 4 is 11.6 Å². The van der Waals surface area contributed by atoms with Gasteiger partial charge in [0.15, 0.2) is 0 Å². The van der Waals surface area contributed by atoms with Crippen molar-refractivity contribution in [1.29, 1.82) is 0 Å². The van der Waals surface area contributed by atoms with Crippen LogP contribution in [-0.4, -0.2) is 15.8 Å². The molecule has 102 valence electrons. The van der Waals surface area contributed by atoms with Crippen LogP contribution in [0.5, 0.6) is 5.75 Å². The summed E-state index contributed by atoms with van der Waals surface area (Å²) in [5, 5.41) is 0. The van der Waals surface area contributed by atoms with Crippen molar-refractivity contribution in [2.24, 2.45) is 0 Å². The van der Waals surface area contributed by atoms with Gasteiger partial charge in [-0.1, -0.05) is 11.8 Å². The Bertz CT molecular complexity index is 637. The van der Waals surface area contributed by atoms with E-state index in [0.29, 0.717) is 23.6 Å². The molecule has 0 fully saturated rings. The van der Waals surface area contributed by atoms with Crippen LogP contribution in [-0.2, 0) is 6.61 Å². The standard InChI is InChI=1S/C15H12ClFN2O/c16-4-2-1-3-12-6-15(10-19-7-12)20-11-13-5-14(17)9-18-8-13/h5-10H,2,4,11H2. The predicted molar refractivity (Wildman–Crippen MR) is 75.0 cm³/mol. The normalized spacial score (nSPS) is 9.70. The quantitative estimate of drug-likeness (QED) is 0.641. The molecule has 0 saturated carbocycles. The van der Waals surface area contributed by atoms with E-state index in [9.17, 15) is 4.39 Å². The second kappa shape index (κ2) is 7.46. The van der Waals surface area contributed by atoms with Gasteiger partial charge in [0, 0.05) is 35.8 Å². The molecule has 3 nitrogen and oxygen atoms in total. The predicted octanol–water partition coefficient (Wildman–Crippen LogP) is 3.18. The summed E-state index contributed by atoms with van der Waals surface area (Å²) in [7, 11) is 0. The summed E-state index contributed by atoms with van der Waals surface area (Å²) < 4.78 is 18.5. The summed E-state index contributed by atoms with van der Waals surface area (Å²) in [4.78, 5) is 7.80. The number of aromatic nitrogens is 2. The SMILES string of the molecule is Fc1cncc(COc2cncc(C#CCCCl)c2)c1. The van der Waals surface area contributed by atoms with Crippen molar-refractivity contribution < 1.29 is 9.13 Å². The van der Waals surface area contributed by atoms with E-state index in [1.807, 2.05) is 0 Å². The highest BCUT2D eigenvalue weighted by atomic mass is 35.5. The third-order valence-corrected chi connectivity index (χ3v) is 2.52. The number of ether oxygens (including phenoxy) is 1. The first-order valence-corrected chi connectivity index (χ1v) is 6.53. The second-order valence-corrected chi connectivity index (χ2v) is 4.33. The van der Waals surface area contributed by atoms with E-state index < -0.39 is 0 Å². The van der Waals surface area contributed by atoms with E-state index in [4.69, 9.17) is 16.3 Å². The number of alkyl halides is 1. The first-order valence-electron chi connectivity index (χ1n) is 6.00. The van der Waals surface area contributed by atoms with Crippen LogP contribution < -0.4 is 4.74 Å². The first-order chi connectivity index (χ1) is 9.78. The maximum atomic E-state index is 13.0. The Labute approximate surface area is 121 Å². The molecule has 5 heteroatoms. The van der Waals surface area contributed by atoms with Gasteiger partial charge in [0.1, 0.15) is 18.2 Å². The smallest absolute Gasteiger partial charge is 0.141 e. The molecule has 0 saturated heterocycles. The molecule has 2 aromatic heterocycles. The summed E-state index contributed by atoms with van der Waals surface area (Å²) in [5.41, 5.74) is 1.41. The fourth-order valence-electron chi connectivity index (χ4n) is 1.48. The van der Waals surface area contributed by atoms with Gasteiger partial charge in [0.25, 0.3) is 0 Å². The number of nitrogens with zero attached hydrogens (tertiary/aromatic N) is 2. The lowest BCUT2D eigenvalue weighted by Crippen LogP contribution is -1.97. The zero-order valence-corrected chi connectivity index (χ0v) is 11.4. The lowest BCUT2D eigenvalue weighted by molar-refractivity contribution is 0.303. The Kier molecular flexibility index (Phi) is 5.33. The van der Waals surface area contributed by atoms with Crippen LogP contribution in [0.4, 0.5) is 4.39 Å². The Morgan fingerprint density at radius 3 is 2.80 bits per heavy atom. The highest BCUT2D eigenvalue weighted by Gasteiger charge is 1.99. The lowest BCUT2D eigenvalue weighted by atomic mass is 10.2. The van der Waals surface area contributed by atoms with Crippen LogP contribution in [0.1, 0.15) is 17.5 Å². The molecule has 0 aliphatic rings. The van der Waals surface area contributed by atoms with Gasteiger partial charge in [-0.15, -0.1) is 11.6 Å². The minimum absolute atomic E-state index is 0.227. The van der Waals surface area contributed by atoms with Gasteiger partial charge < -0.3 is 4.74 Å².